The molecule has 0 radical (unpaired) electrons. The Hall–Kier alpha value is -2.39. The number of hydrogen-bond donors (Lipinski definition) is 2. The number of nitrogens with zero attached hydrogens (tertiary/aromatic N) is 1. The van der Waals surface area contributed by atoms with Crippen LogP contribution in [0.5, 0.6) is 0 Å². The number of imidazole rings is 1. The van der Waals surface area contributed by atoms with Gasteiger partial charge in [-0.15, -0.1) is 0 Å². The summed E-state index contributed by atoms with van der Waals surface area (Å²) in [6, 6.07) is 18.9. The molecular formula is C17H16N2O. The first-order valence-electron chi connectivity index (χ1n) is 6.63. The topological polar surface area (TPSA) is 48.9 Å². The van der Waals surface area contributed by atoms with Crippen molar-refractivity contribution in [2.24, 2.45) is 0 Å². The minimum Gasteiger partial charge on any atom is -0.388 e. The fourth-order valence-corrected chi connectivity index (χ4v) is 2.24. The molecule has 0 atom stereocenters. The molecule has 0 aliphatic heterocycles. The van der Waals surface area contributed by atoms with E-state index in [-0.39, 0.29) is 6.61 Å². The molecule has 0 saturated heterocycles. The number of aromatic nitrogens is 2. The highest BCUT2D eigenvalue weighted by molar-refractivity contribution is 5.63. The van der Waals surface area contributed by atoms with Crippen molar-refractivity contribution in [1.29, 1.82) is 0 Å². The third kappa shape index (κ3) is 2.78. The van der Waals surface area contributed by atoms with Crippen LogP contribution in [0.3, 0.4) is 0 Å². The minimum absolute atomic E-state index is 0.0487. The lowest BCUT2D eigenvalue weighted by Crippen LogP contribution is -1.90. The van der Waals surface area contributed by atoms with Crippen molar-refractivity contribution in [2.75, 3.05) is 0 Å². The zero-order chi connectivity index (χ0) is 13.8. The van der Waals surface area contributed by atoms with Gasteiger partial charge in [0.2, 0.25) is 0 Å². The van der Waals surface area contributed by atoms with E-state index in [1.807, 2.05) is 18.2 Å². The maximum atomic E-state index is 8.99. The molecule has 0 amide bonds. The van der Waals surface area contributed by atoms with Crippen molar-refractivity contribution in [3.8, 4) is 11.1 Å². The first kappa shape index (κ1) is 12.6. The van der Waals surface area contributed by atoms with Crippen LogP contribution in [0.4, 0.5) is 0 Å². The molecule has 0 unspecified atom stereocenters. The van der Waals surface area contributed by atoms with Gasteiger partial charge in [-0.1, -0.05) is 54.6 Å². The SMILES string of the molecule is OCc1ncc(Cc2ccc(-c3ccccc3)cc2)[nH]1. The van der Waals surface area contributed by atoms with Gasteiger partial charge in [0.25, 0.3) is 0 Å². The summed E-state index contributed by atoms with van der Waals surface area (Å²) in [7, 11) is 0. The van der Waals surface area contributed by atoms with Crippen molar-refractivity contribution in [3.05, 3.63) is 77.9 Å². The van der Waals surface area contributed by atoms with E-state index in [1.165, 1.54) is 16.7 Å². The van der Waals surface area contributed by atoms with Crippen LogP contribution in [0.2, 0.25) is 0 Å². The smallest absolute Gasteiger partial charge is 0.132 e. The molecule has 0 bridgehead atoms. The quantitative estimate of drug-likeness (QED) is 0.760. The predicted molar refractivity (Wildman–Crippen MR) is 79.2 cm³/mol. The van der Waals surface area contributed by atoms with Crippen LogP contribution in [0, 0.1) is 0 Å². The largest absolute Gasteiger partial charge is 0.388 e. The average Bonchev–Trinajstić information content (AvgIpc) is 2.97. The Balaban J connectivity index is 1.76. The Morgan fingerprint density at radius 3 is 2.25 bits per heavy atom. The van der Waals surface area contributed by atoms with Crippen molar-refractivity contribution in [1.82, 2.24) is 9.97 Å². The molecule has 20 heavy (non-hydrogen) atoms. The number of rotatable bonds is 4. The van der Waals surface area contributed by atoms with Crippen molar-refractivity contribution >= 4 is 0 Å². The van der Waals surface area contributed by atoms with Crippen LogP contribution in [0.1, 0.15) is 17.1 Å². The van der Waals surface area contributed by atoms with Gasteiger partial charge in [-0.2, -0.15) is 0 Å². The summed E-state index contributed by atoms with van der Waals surface area (Å²) in [5, 5.41) is 8.99. The highest BCUT2D eigenvalue weighted by Gasteiger charge is 2.02. The Morgan fingerprint density at radius 1 is 0.900 bits per heavy atom. The van der Waals surface area contributed by atoms with Crippen LogP contribution in [0.15, 0.2) is 60.8 Å². The molecule has 0 aliphatic rings. The summed E-state index contributed by atoms with van der Waals surface area (Å²) < 4.78 is 0. The Morgan fingerprint density at radius 2 is 1.60 bits per heavy atom. The van der Waals surface area contributed by atoms with Gasteiger partial charge < -0.3 is 10.1 Å². The van der Waals surface area contributed by atoms with Gasteiger partial charge in [-0.3, -0.25) is 0 Å². The number of aliphatic hydroxyl groups is 1. The van der Waals surface area contributed by atoms with Gasteiger partial charge in [-0.25, -0.2) is 4.98 Å². The molecule has 1 aromatic heterocycles. The lowest BCUT2D eigenvalue weighted by atomic mass is 10.0. The second-order valence-corrected chi connectivity index (χ2v) is 4.75. The van der Waals surface area contributed by atoms with Crippen molar-refractivity contribution < 1.29 is 5.11 Å². The van der Waals surface area contributed by atoms with Crippen LogP contribution >= 0.6 is 0 Å². The minimum atomic E-state index is -0.0487. The fourth-order valence-electron chi connectivity index (χ4n) is 2.24. The summed E-state index contributed by atoms with van der Waals surface area (Å²) in [5.74, 6) is 0.612. The van der Waals surface area contributed by atoms with E-state index in [0.29, 0.717) is 5.82 Å². The molecule has 0 fully saturated rings. The van der Waals surface area contributed by atoms with E-state index in [4.69, 9.17) is 5.11 Å². The highest BCUT2D eigenvalue weighted by Crippen LogP contribution is 2.20. The molecule has 0 aliphatic carbocycles. The summed E-state index contributed by atoms with van der Waals surface area (Å²) >= 11 is 0. The Labute approximate surface area is 117 Å². The third-order valence-corrected chi connectivity index (χ3v) is 3.29. The average molecular weight is 264 g/mol. The predicted octanol–water partition coefficient (Wildman–Crippen LogP) is 3.16. The van der Waals surface area contributed by atoms with E-state index in [9.17, 15) is 0 Å². The van der Waals surface area contributed by atoms with Gasteiger partial charge in [-0.05, 0) is 16.7 Å². The summed E-state index contributed by atoms with van der Waals surface area (Å²) in [6.07, 6.45) is 2.57. The second kappa shape index (κ2) is 5.72. The van der Waals surface area contributed by atoms with Gasteiger partial charge in [0.05, 0.1) is 0 Å². The van der Waals surface area contributed by atoms with Crippen molar-refractivity contribution in [3.63, 3.8) is 0 Å². The third-order valence-electron chi connectivity index (χ3n) is 3.29. The lowest BCUT2D eigenvalue weighted by Gasteiger charge is -2.03. The van der Waals surface area contributed by atoms with E-state index >= 15 is 0 Å². The lowest BCUT2D eigenvalue weighted by molar-refractivity contribution is 0.272. The van der Waals surface area contributed by atoms with Crippen molar-refractivity contribution in [2.45, 2.75) is 13.0 Å². The molecule has 3 aromatic rings. The molecule has 3 nitrogen and oxygen atoms in total. The number of hydrogen-bond acceptors (Lipinski definition) is 2. The summed E-state index contributed by atoms with van der Waals surface area (Å²) in [4.78, 5) is 7.19. The molecule has 2 aromatic carbocycles. The molecule has 3 rings (SSSR count). The summed E-state index contributed by atoms with van der Waals surface area (Å²) in [6.45, 7) is -0.0487. The molecule has 2 N–H and O–H groups in total. The monoisotopic (exact) mass is 264 g/mol. The van der Waals surface area contributed by atoms with Crippen LogP contribution in [-0.2, 0) is 13.0 Å². The number of nitrogens with one attached hydrogen (secondary N) is 1. The fraction of sp³-hybridized carbons (Fsp3) is 0.118. The standard InChI is InChI=1S/C17H16N2O/c20-12-17-18-11-16(19-17)10-13-6-8-15(9-7-13)14-4-2-1-3-5-14/h1-9,11,20H,10,12H2,(H,18,19). The number of H-pyrrole nitrogens is 1. The first-order valence-corrected chi connectivity index (χ1v) is 6.63. The zero-order valence-corrected chi connectivity index (χ0v) is 11.1. The molecule has 1 heterocycles. The van der Waals surface area contributed by atoms with Gasteiger partial charge in [0.1, 0.15) is 12.4 Å². The van der Waals surface area contributed by atoms with E-state index in [0.717, 1.165) is 12.1 Å². The zero-order valence-electron chi connectivity index (χ0n) is 11.1. The van der Waals surface area contributed by atoms with E-state index in [1.54, 1.807) is 6.20 Å². The molecular weight excluding hydrogens is 248 g/mol. The molecule has 0 spiro atoms. The molecule has 0 saturated carbocycles. The maximum absolute atomic E-state index is 8.99. The van der Waals surface area contributed by atoms with Gasteiger partial charge >= 0.3 is 0 Å². The van der Waals surface area contributed by atoms with E-state index < -0.39 is 0 Å². The first-order chi connectivity index (χ1) is 9.85. The maximum Gasteiger partial charge on any atom is 0.132 e. The Kier molecular flexibility index (Phi) is 3.61. The number of aromatic amines is 1. The molecule has 3 heteroatoms. The number of aliphatic hydroxyl groups excluding tert-OH is 1. The van der Waals surface area contributed by atoms with Gasteiger partial charge in [0, 0.05) is 18.3 Å². The second-order valence-electron chi connectivity index (χ2n) is 4.75. The van der Waals surface area contributed by atoms with Gasteiger partial charge in [0.15, 0.2) is 0 Å². The highest BCUT2D eigenvalue weighted by atomic mass is 16.3. The van der Waals surface area contributed by atoms with Crippen LogP contribution in [0.25, 0.3) is 11.1 Å². The van der Waals surface area contributed by atoms with Crippen LogP contribution < -0.4 is 0 Å². The normalized spacial score (nSPS) is 10.7. The molecule has 100 valence electrons. The van der Waals surface area contributed by atoms with Crippen LogP contribution in [-0.4, -0.2) is 15.1 Å². The van der Waals surface area contributed by atoms with E-state index in [2.05, 4.69) is 46.4 Å². The Bertz CT molecular complexity index is 672. The number of benzene rings is 2. The summed E-state index contributed by atoms with van der Waals surface area (Å²) in [5.41, 5.74) is 4.68.